The van der Waals surface area contributed by atoms with Crippen LogP contribution in [0.2, 0.25) is 5.02 Å². The molecule has 4 nitrogen and oxygen atoms in total. The van der Waals surface area contributed by atoms with Crippen LogP contribution in [0.15, 0.2) is 29.2 Å². The van der Waals surface area contributed by atoms with Crippen LogP contribution in [0.5, 0.6) is 0 Å². The molecule has 2 unspecified atom stereocenters. The Balaban J connectivity index is 2.36. The molecule has 2 atom stereocenters. The van der Waals surface area contributed by atoms with Crippen molar-refractivity contribution in [3.05, 3.63) is 29.3 Å². The molecule has 0 spiro atoms. The Labute approximate surface area is 119 Å². The third-order valence-electron chi connectivity index (χ3n) is 3.62. The standard InChI is InChI=1S/C13H19ClN2O2S/c1-10-6-7-16(11(8-10)9-15)19(17,18)13-5-3-2-4-12(13)14/h2-5,10-11H,6-9,15H2,1H3. The molecule has 106 valence electrons. The van der Waals surface area contributed by atoms with E-state index in [1.807, 2.05) is 0 Å². The molecule has 0 aliphatic carbocycles. The largest absolute Gasteiger partial charge is 0.329 e. The van der Waals surface area contributed by atoms with Crippen molar-refractivity contribution in [2.24, 2.45) is 11.7 Å². The first-order valence-electron chi connectivity index (χ1n) is 6.43. The lowest BCUT2D eigenvalue weighted by Gasteiger charge is -2.36. The zero-order valence-electron chi connectivity index (χ0n) is 10.9. The number of halogens is 1. The highest BCUT2D eigenvalue weighted by Crippen LogP contribution is 2.30. The lowest BCUT2D eigenvalue weighted by molar-refractivity contribution is 0.211. The van der Waals surface area contributed by atoms with Crippen LogP contribution >= 0.6 is 11.6 Å². The predicted molar refractivity (Wildman–Crippen MR) is 76.6 cm³/mol. The first-order chi connectivity index (χ1) is 8.96. The Kier molecular flexibility index (Phi) is 4.50. The van der Waals surface area contributed by atoms with E-state index < -0.39 is 10.0 Å². The van der Waals surface area contributed by atoms with Crippen molar-refractivity contribution in [3.63, 3.8) is 0 Å². The smallest absolute Gasteiger partial charge is 0.244 e. The Morgan fingerprint density at radius 3 is 2.74 bits per heavy atom. The summed E-state index contributed by atoms with van der Waals surface area (Å²) < 4.78 is 26.8. The molecule has 0 amide bonds. The molecule has 0 aromatic heterocycles. The Bertz CT molecular complexity index is 547. The van der Waals surface area contributed by atoms with Gasteiger partial charge in [0.05, 0.1) is 5.02 Å². The molecule has 1 aromatic carbocycles. The summed E-state index contributed by atoms with van der Waals surface area (Å²) in [5.41, 5.74) is 5.73. The van der Waals surface area contributed by atoms with E-state index in [0.29, 0.717) is 19.0 Å². The van der Waals surface area contributed by atoms with Gasteiger partial charge in [0.1, 0.15) is 4.90 Å². The maximum absolute atomic E-state index is 12.7. The molecular formula is C13H19ClN2O2S. The van der Waals surface area contributed by atoms with E-state index in [1.54, 1.807) is 24.3 Å². The van der Waals surface area contributed by atoms with Gasteiger partial charge in [0, 0.05) is 19.1 Å². The van der Waals surface area contributed by atoms with Crippen molar-refractivity contribution >= 4 is 21.6 Å². The highest BCUT2D eigenvalue weighted by Gasteiger charge is 2.35. The summed E-state index contributed by atoms with van der Waals surface area (Å²) in [5, 5.41) is 0.261. The topological polar surface area (TPSA) is 63.4 Å². The van der Waals surface area contributed by atoms with Crippen molar-refractivity contribution in [3.8, 4) is 0 Å². The van der Waals surface area contributed by atoms with E-state index in [2.05, 4.69) is 6.92 Å². The van der Waals surface area contributed by atoms with Crippen LogP contribution in [0.25, 0.3) is 0 Å². The molecule has 0 saturated carbocycles. The number of benzene rings is 1. The molecule has 1 aliphatic heterocycles. The van der Waals surface area contributed by atoms with Crippen molar-refractivity contribution < 1.29 is 8.42 Å². The maximum Gasteiger partial charge on any atom is 0.244 e. The summed E-state index contributed by atoms with van der Waals surface area (Å²) in [4.78, 5) is 0.171. The molecule has 1 aliphatic rings. The fourth-order valence-electron chi connectivity index (χ4n) is 2.54. The summed E-state index contributed by atoms with van der Waals surface area (Å²) in [6.45, 7) is 2.98. The minimum atomic E-state index is -3.56. The van der Waals surface area contributed by atoms with Gasteiger partial charge < -0.3 is 5.73 Å². The minimum absolute atomic E-state index is 0.134. The highest BCUT2D eigenvalue weighted by atomic mass is 35.5. The van der Waals surface area contributed by atoms with Crippen molar-refractivity contribution in [2.45, 2.75) is 30.7 Å². The third-order valence-corrected chi connectivity index (χ3v) is 6.07. The molecule has 1 aromatic rings. The fourth-order valence-corrected chi connectivity index (χ4v) is 4.70. The Hall–Kier alpha value is -0.620. The lowest BCUT2D eigenvalue weighted by atomic mass is 9.94. The van der Waals surface area contributed by atoms with Gasteiger partial charge in [-0.1, -0.05) is 30.7 Å². The molecule has 2 N–H and O–H groups in total. The van der Waals surface area contributed by atoms with Gasteiger partial charge in [0.15, 0.2) is 0 Å². The van der Waals surface area contributed by atoms with Crippen LogP contribution in [-0.2, 0) is 10.0 Å². The number of nitrogens with zero attached hydrogens (tertiary/aromatic N) is 1. The van der Waals surface area contributed by atoms with Crippen LogP contribution in [-0.4, -0.2) is 31.9 Å². The average molecular weight is 303 g/mol. The van der Waals surface area contributed by atoms with Crippen LogP contribution in [0.4, 0.5) is 0 Å². The van der Waals surface area contributed by atoms with Gasteiger partial charge in [0.25, 0.3) is 0 Å². The number of hydrogen-bond donors (Lipinski definition) is 1. The highest BCUT2D eigenvalue weighted by molar-refractivity contribution is 7.89. The van der Waals surface area contributed by atoms with E-state index >= 15 is 0 Å². The molecule has 1 fully saturated rings. The van der Waals surface area contributed by atoms with Gasteiger partial charge in [-0.15, -0.1) is 0 Å². The predicted octanol–water partition coefficient (Wildman–Crippen LogP) is 2.09. The molecule has 1 saturated heterocycles. The fraction of sp³-hybridized carbons (Fsp3) is 0.538. The molecule has 19 heavy (non-hydrogen) atoms. The van der Waals surface area contributed by atoms with Gasteiger partial charge >= 0.3 is 0 Å². The minimum Gasteiger partial charge on any atom is -0.329 e. The number of sulfonamides is 1. The number of piperidine rings is 1. The van der Waals surface area contributed by atoms with Crippen LogP contribution in [0, 0.1) is 5.92 Å². The van der Waals surface area contributed by atoms with Gasteiger partial charge in [-0.3, -0.25) is 0 Å². The second-order valence-corrected chi connectivity index (χ2v) is 7.33. The SMILES string of the molecule is CC1CCN(S(=O)(=O)c2ccccc2Cl)C(CN)C1. The molecule has 1 heterocycles. The first-order valence-corrected chi connectivity index (χ1v) is 8.25. The first kappa shape index (κ1) is 14.8. The molecule has 2 rings (SSSR count). The Morgan fingerprint density at radius 2 is 2.11 bits per heavy atom. The monoisotopic (exact) mass is 302 g/mol. The second kappa shape index (κ2) is 5.79. The van der Waals surface area contributed by atoms with Gasteiger partial charge in [-0.25, -0.2) is 8.42 Å². The number of nitrogens with two attached hydrogens (primary N) is 1. The van der Waals surface area contributed by atoms with E-state index in [-0.39, 0.29) is 16.0 Å². The quantitative estimate of drug-likeness (QED) is 0.930. The summed E-state index contributed by atoms with van der Waals surface area (Å²) in [6.07, 6.45) is 1.67. The van der Waals surface area contributed by atoms with Crippen molar-refractivity contribution in [1.82, 2.24) is 4.31 Å². The second-order valence-electron chi connectivity index (χ2n) is 5.07. The van der Waals surface area contributed by atoms with Crippen LogP contribution in [0.3, 0.4) is 0 Å². The van der Waals surface area contributed by atoms with E-state index in [0.717, 1.165) is 12.8 Å². The molecule has 0 bridgehead atoms. The zero-order valence-corrected chi connectivity index (χ0v) is 12.5. The van der Waals surface area contributed by atoms with Gasteiger partial charge in [-0.05, 0) is 30.9 Å². The normalized spacial score (nSPS) is 25.4. The van der Waals surface area contributed by atoms with E-state index in [1.165, 1.54) is 4.31 Å². The average Bonchev–Trinajstić information content (AvgIpc) is 2.38. The summed E-state index contributed by atoms with van der Waals surface area (Å²) in [5.74, 6) is 0.506. The summed E-state index contributed by atoms with van der Waals surface area (Å²) in [6, 6.07) is 6.41. The van der Waals surface area contributed by atoms with Crippen molar-refractivity contribution in [2.75, 3.05) is 13.1 Å². The van der Waals surface area contributed by atoms with E-state index in [4.69, 9.17) is 17.3 Å². The lowest BCUT2D eigenvalue weighted by Crippen LogP contribution is -2.49. The molecular weight excluding hydrogens is 284 g/mol. The van der Waals surface area contributed by atoms with Crippen molar-refractivity contribution in [1.29, 1.82) is 0 Å². The third kappa shape index (κ3) is 2.94. The van der Waals surface area contributed by atoms with Crippen LogP contribution in [0.1, 0.15) is 19.8 Å². The summed E-state index contributed by atoms with van der Waals surface area (Å²) >= 11 is 6.01. The molecule has 0 radical (unpaired) electrons. The number of hydrogen-bond acceptors (Lipinski definition) is 3. The summed E-state index contributed by atoms with van der Waals surface area (Å²) in [7, 11) is -3.56. The zero-order chi connectivity index (χ0) is 14.0. The van der Waals surface area contributed by atoms with Gasteiger partial charge in [0.2, 0.25) is 10.0 Å². The maximum atomic E-state index is 12.7. The molecule has 6 heteroatoms. The van der Waals surface area contributed by atoms with Gasteiger partial charge in [-0.2, -0.15) is 4.31 Å². The van der Waals surface area contributed by atoms with Crippen LogP contribution < -0.4 is 5.73 Å². The Morgan fingerprint density at radius 1 is 1.42 bits per heavy atom. The number of rotatable bonds is 3. The van der Waals surface area contributed by atoms with E-state index in [9.17, 15) is 8.42 Å².